The Morgan fingerprint density at radius 1 is 1.00 bits per heavy atom. The van der Waals surface area contributed by atoms with Gasteiger partial charge in [-0.2, -0.15) is 18.4 Å². The zero-order valence-corrected chi connectivity index (χ0v) is 17.3. The molecule has 1 aliphatic heterocycles. The summed E-state index contributed by atoms with van der Waals surface area (Å²) in [5.41, 5.74) is 3.81. The molecule has 0 atom stereocenters. The highest BCUT2D eigenvalue weighted by atomic mass is 35.5. The number of ether oxygens (including phenoxy) is 1. The van der Waals surface area contributed by atoms with Crippen LogP contribution in [0.5, 0.6) is 11.5 Å². The monoisotopic (exact) mass is 427 g/mol. The molecule has 2 N–H and O–H groups in total. The van der Waals surface area contributed by atoms with E-state index in [-0.39, 0.29) is 4.90 Å². The molecule has 4 rings (SSSR count). The number of benzene rings is 3. The lowest BCUT2D eigenvalue weighted by molar-refractivity contribution is 0.481. The Balaban J connectivity index is 1.56. The first-order valence-corrected chi connectivity index (χ1v) is 10.7. The van der Waals surface area contributed by atoms with Crippen molar-refractivity contribution in [3.05, 3.63) is 76.8 Å². The van der Waals surface area contributed by atoms with Crippen LogP contribution in [0.1, 0.15) is 18.1 Å². The molecule has 0 radical (unpaired) electrons. The molecule has 0 aliphatic carbocycles. The van der Waals surface area contributed by atoms with Crippen molar-refractivity contribution in [1.82, 2.24) is 4.83 Å². The second kappa shape index (κ2) is 7.42. The van der Waals surface area contributed by atoms with E-state index in [2.05, 4.69) is 15.2 Å². The predicted molar refractivity (Wildman–Crippen MR) is 115 cm³/mol. The molecule has 0 amide bonds. The van der Waals surface area contributed by atoms with Gasteiger partial charge in [0, 0.05) is 11.1 Å². The summed E-state index contributed by atoms with van der Waals surface area (Å²) in [7, 11) is -3.73. The fourth-order valence-electron chi connectivity index (χ4n) is 2.85. The van der Waals surface area contributed by atoms with Crippen molar-refractivity contribution in [2.45, 2.75) is 18.7 Å². The molecule has 0 unspecified atom stereocenters. The van der Waals surface area contributed by atoms with Gasteiger partial charge in [-0.05, 0) is 61.9 Å². The molecule has 148 valence electrons. The largest absolute Gasteiger partial charge is 0.453 e. The number of halogens is 1. The zero-order valence-electron chi connectivity index (χ0n) is 15.7. The quantitative estimate of drug-likeness (QED) is 0.346. The fraction of sp³-hybridized carbons (Fsp3) is 0.0952. The molecule has 1 aliphatic rings. The molecule has 0 fully saturated rings. The van der Waals surface area contributed by atoms with Crippen LogP contribution < -0.4 is 14.9 Å². The van der Waals surface area contributed by atoms with Gasteiger partial charge in [-0.3, -0.25) is 0 Å². The molecule has 1 heterocycles. The Hall–Kier alpha value is -3.03. The number of hydrogen-bond acceptors (Lipinski definition) is 5. The Morgan fingerprint density at radius 2 is 1.76 bits per heavy atom. The van der Waals surface area contributed by atoms with Crippen LogP contribution in [-0.4, -0.2) is 14.1 Å². The maximum absolute atomic E-state index is 12.4. The zero-order chi connectivity index (χ0) is 20.6. The Bertz CT molecular complexity index is 1220. The number of hydrazone groups is 1. The van der Waals surface area contributed by atoms with Crippen LogP contribution in [0.15, 0.2) is 70.7 Å². The topological polar surface area (TPSA) is 79.8 Å². The van der Waals surface area contributed by atoms with Crippen LogP contribution in [0.4, 0.5) is 11.4 Å². The normalized spacial score (nSPS) is 13.0. The molecule has 3 aromatic carbocycles. The van der Waals surface area contributed by atoms with Crippen LogP contribution in [0.25, 0.3) is 0 Å². The summed E-state index contributed by atoms with van der Waals surface area (Å²) in [6.45, 7) is 3.63. The Labute approximate surface area is 174 Å². The summed E-state index contributed by atoms with van der Waals surface area (Å²) >= 11 is 6.01. The van der Waals surface area contributed by atoms with Crippen LogP contribution in [0.3, 0.4) is 0 Å². The number of sulfonamides is 1. The number of nitrogens with one attached hydrogen (secondary N) is 2. The lowest BCUT2D eigenvalue weighted by Gasteiger charge is -2.22. The minimum Gasteiger partial charge on any atom is -0.453 e. The van der Waals surface area contributed by atoms with Crippen molar-refractivity contribution in [1.29, 1.82) is 0 Å². The number of aryl methyl sites for hydroxylation is 1. The van der Waals surface area contributed by atoms with Crippen molar-refractivity contribution >= 4 is 38.7 Å². The number of anilines is 2. The molecule has 0 spiro atoms. The van der Waals surface area contributed by atoms with E-state index in [0.29, 0.717) is 22.2 Å². The van der Waals surface area contributed by atoms with Gasteiger partial charge < -0.3 is 10.1 Å². The van der Waals surface area contributed by atoms with Gasteiger partial charge in [0.1, 0.15) is 0 Å². The van der Waals surface area contributed by atoms with Gasteiger partial charge in [0.15, 0.2) is 11.5 Å². The molecule has 0 saturated carbocycles. The van der Waals surface area contributed by atoms with Crippen LogP contribution >= 0.6 is 11.6 Å². The minimum atomic E-state index is -3.73. The van der Waals surface area contributed by atoms with Crippen molar-refractivity contribution < 1.29 is 13.2 Å². The maximum Gasteiger partial charge on any atom is 0.276 e. The third kappa shape index (κ3) is 4.06. The molecule has 8 heteroatoms. The number of nitrogens with zero attached hydrogens (tertiary/aromatic N) is 1. The van der Waals surface area contributed by atoms with Gasteiger partial charge in [0.25, 0.3) is 10.0 Å². The summed E-state index contributed by atoms with van der Waals surface area (Å²) in [5.74, 6) is 1.30. The summed E-state index contributed by atoms with van der Waals surface area (Å²) in [4.78, 5) is 2.45. The predicted octanol–water partition coefficient (Wildman–Crippen LogP) is 5.20. The lowest BCUT2D eigenvalue weighted by atomic mass is 10.1. The highest BCUT2D eigenvalue weighted by molar-refractivity contribution is 7.89. The lowest BCUT2D eigenvalue weighted by Crippen LogP contribution is -2.20. The molecule has 6 nitrogen and oxygen atoms in total. The van der Waals surface area contributed by atoms with Crippen molar-refractivity contribution in [3.8, 4) is 11.5 Å². The summed E-state index contributed by atoms with van der Waals surface area (Å²) in [6, 6.07) is 17.4. The molecular weight excluding hydrogens is 410 g/mol. The standard InChI is InChI=1S/C21H18ClN3O3S/c1-13-3-7-17(8-4-13)29(26,27)25-24-14(2)15-5-10-20-19(11-15)23-18-9-6-16(22)12-21(18)28-20/h3-12,23,25H,1-2H3/b24-14+. The molecule has 29 heavy (non-hydrogen) atoms. The Kier molecular flexibility index (Phi) is 4.94. The van der Waals surface area contributed by atoms with Crippen LogP contribution in [-0.2, 0) is 10.0 Å². The van der Waals surface area contributed by atoms with Crippen molar-refractivity contribution in [2.24, 2.45) is 5.10 Å². The average Bonchev–Trinajstić information content (AvgIpc) is 2.70. The molecular formula is C21H18ClN3O3S. The van der Waals surface area contributed by atoms with Gasteiger partial charge in [-0.25, -0.2) is 0 Å². The van der Waals surface area contributed by atoms with E-state index in [4.69, 9.17) is 16.3 Å². The maximum atomic E-state index is 12.4. The molecule has 0 saturated heterocycles. The summed E-state index contributed by atoms with van der Waals surface area (Å²) in [6.07, 6.45) is 0. The highest BCUT2D eigenvalue weighted by Crippen LogP contribution is 2.43. The number of fused-ring (bicyclic) bond motifs is 2. The number of rotatable bonds is 4. The van der Waals surface area contributed by atoms with E-state index < -0.39 is 10.0 Å². The van der Waals surface area contributed by atoms with E-state index in [1.807, 2.05) is 25.1 Å². The van der Waals surface area contributed by atoms with Gasteiger partial charge in [-0.1, -0.05) is 29.3 Å². The smallest absolute Gasteiger partial charge is 0.276 e. The van der Waals surface area contributed by atoms with Gasteiger partial charge in [0.2, 0.25) is 0 Å². The fourth-order valence-corrected chi connectivity index (χ4v) is 3.87. The molecule has 0 aromatic heterocycles. The third-order valence-electron chi connectivity index (χ3n) is 4.50. The average molecular weight is 428 g/mol. The van der Waals surface area contributed by atoms with Crippen molar-refractivity contribution in [3.63, 3.8) is 0 Å². The first-order valence-electron chi connectivity index (χ1n) is 8.83. The SMILES string of the molecule is C/C(=N\NS(=O)(=O)c1ccc(C)cc1)c1ccc2c(c1)Nc1ccc(Cl)cc1O2. The van der Waals surface area contributed by atoms with Gasteiger partial charge >= 0.3 is 0 Å². The molecule has 0 bridgehead atoms. The minimum absolute atomic E-state index is 0.162. The Morgan fingerprint density at radius 3 is 2.52 bits per heavy atom. The number of hydrogen-bond donors (Lipinski definition) is 2. The summed E-state index contributed by atoms with van der Waals surface area (Å²) in [5, 5.41) is 7.94. The van der Waals surface area contributed by atoms with Crippen molar-refractivity contribution in [2.75, 3.05) is 5.32 Å². The van der Waals surface area contributed by atoms with E-state index in [9.17, 15) is 8.42 Å². The van der Waals surface area contributed by atoms with E-state index in [0.717, 1.165) is 22.5 Å². The second-order valence-electron chi connectivity index (χ2n) is 6.68. The molecule has 3 aromatic rings. The third-order valence-corrected chi connectivity index (χ3v) is 5.95. The first-order chi connectivity index (χ1) is 13.8. The second-order valence-corrected chi connectivity index (χ2v) is 8.78. The first kappa shape index (κ1) is 19.3. The van der Waals surface area contributed by atoms with E-state index in [1.165, 1.54) is 0 Å². The van der Waals surface area contributed by atoms with Crippen LogP contribution in [0, 0.1) is 6.92 Å². The van der Waals surface area contributed by atoms with Crippen LogP contribution in [0.2, 0.25) is 5.02 Å². The summed E-state index contributed by atoms with van der Waals surface area (Å²) < 4.78 is 30.7. The van der Waals surface area contributed by atoms with Gasteiger partial charge in [0.05, 0.1) is 22.0 Å². The van der Waals surface area contributed by atoms with E-state index in [1.54, 1.807) is 49.4 Å². The highest BCUT2D eigenvalue weighted by Gasteiger charge is 2.18. The van der Waals surface area contributed by atoms with E-state index >= 15 is 0 Å². The van der Waals surface area contributed by atoms with Gasteiger partial charge in [-0.15, -0.1) is 0 Å².